The molecule has 0 amide bonds. The highest BCUT2D eigenvalue weighted by atomic mass is 32.2. The molecule has 25 heavy (non-hydrogen) atoms. The van der Waals surface area contributed by atoms with Gasteiger partial charge in [-0.1, -0.05) is 24.0 Å². The van der Waals surface area contributed by atoms with Crippen molar-refractivity contribution in [2.75, 3.05) is 0 Å². The molecule has 0 saturated carbocycles. The summed E-state index contributed by atoms with van der Waals surface area (Å²) in [6, 6.07) is 7.73. The van der Waals surface area contributed by atoms with Gasteiger partial charge < -0.3 is 5.11 Å². The van der Waals surface area contributed by atoms with Crippen LogP contribution in [-0.4, -0.2) is 25.5 Å². The van der Waals surface area contributed by atoms with E-state index in [9.17, 15) is 18.3 Å². The summed E-state index contributed by atoms with van der Waals surface area (Å²) < 4.78 is 27.1. The van der Waals surface area contributed by atoms with Crippen molar-refractivity contribution in [1.29, 1.82) is 0 Å². The highest BCUT2D eigenvalue weighted by Crippen LogP contribution is 2.25. The van der Waals surface area contributed by atoms with E-state index in [0.29, 0.717) is 0 Å². The fourth-order valence-corrected chi connectivity index (χ4v) is 4.80. The van der Waals surface area contributed by atoms with Gasteiger partial charge in [0.25, 0.3) is 10.0 Å². The summed E-state index contributed by atoms with van der Waals surface area (Å²) in [6.07, 6.45) is -0.119. The fraction of sp³-hybridized carbons (Fsp3) is 0.278. The van der Waals surface area contributed by atoms with Crippen LogP contribution in [0.15, 0.2) is 34.5 Å². The molecule has 1 atom stereocenters. The summed E-state index contributed by atoms with van der Waals surface area (Å²) in [7, 11) is -3.89. The predicted molar refractivity (Wildman–Crippen MR) is 98.2 cm³/mol. The van der Waals surface area contributed by atoms with Gasteiger partial charge in [-0.3, -0.25) is 4.79 Å². The first-order chi connectivity index (χ1) is 11.7. The number of aryl methyl sites for hydroxylation is 3. The van der Waals surface area contributed by atoms with Crippen molar-refractivity contribution in [3.05, 3.63) is 51.9 Å². The van der Waals surface area contributed by atoms with Gasteiger partial charge in [-0.15, -0.1) is 11.3 Å². The van der Waals surface area contributed by atoms with E-state index in [1.165, 1.54) is 0 Å². The van der Waals surface area contributed by atoms with Crippen molar-refractivity contribution < 1.29 is 18.3 Å². The molecule has 0 fully saturated rings. The molecule has 5 nitrogen and oxygen atoms in total. The number of hydrogen-bond donors (Lipinski definition) is 2. The van der Waals surface area contributed by atoms with E-state index >= 15 is 0 Å². The number of benzene rings is 1. The van der Waals surface area contributed by atoms with Crippen LogP contribution in [0, 0.1) is 32.6 Å². The van der Waals surface area contributed by atoms with E-state index in [2.05, 4.69) is 16.6 Å². The van der Waals surface area contributed by atoms with Gasteiger partial charge in [-0.2, -0.15) is 4.72 Å². The van der Waals surface area contributed by atoms with Gasteiger partial charge in [0.15, 0.2) is 0 Å². The Morgan fingerprint density at radius 2 is 2.00 bits per heavy atom. The summed E-state index contributed by atoms with van der Waals surface area (Å²) in [4.78, 5) is 12.3. The number of carboxylic acid groups (broad SMARTS) is 1. The Balaban J connectivity index is 2.15. The molecule has 1 aromatic carbocycles. The topological polar surface area (TPSA) is 83.5 Å². The molecule has 0 radical (unpaired) electrons. The van der Waals surface area contributed by atoms with Gasteiger partial charge in [0.05, 0.1) is 0 Å². The second kappa shape index (κ2) is 7.83. The first kappa shape index (κ1) is 19.2. The van der Waals surface area contributed by atoms with E-state index in [1.807, 2.05) is 45.0 Å². The molecule has 2 aromatic rings. The molecule has 2 rings (SSSR count). The number of carboxylic acids is 1. The van der Waals surface area contributed by atoms with Crippen molar-refractivity contribution in [2.24, 2.45) is 0 Å². The number of nitrogens with one attached hydrogen (secondary N) is 1. The van der Waals surface area contributed by atoms with E-state index < -0.39 is 22.0 Å². The number of hydrogen-bond acceptors (Lipinski definition) is 4. The Morgan fingerprint density at radius 3 is 2.56 bits per heavy atom. The molecule has 2 N–H and O–H groups in total. The quantitative estimate of drug-likeness (QED) is 0.785. The number of rotatable bonds is 5. The molecule has 0 bridgehead atoms. The molecule has 1 heterocycles. The zero-order valence-corrected chi connectivity index (χ0v) is 15.8. The van der Waals surface area contributed by atoms with Crippen LogP contribution in [0.2, 0.25) is 0 Å². The largest absolute Gasteiger partial charge is 0.480 e. The van der Waals surface area contributed by atoms with Gasteiger partial charge in [0.1, 0.15) is 10.3 Å². The van der Waals surface area contributed by atoms with Gasteiger partial charge in [-0.05, 0) is 50.1 Å². The van der Waals surface area contributed by atoms with Crippen LogP contribution in [0.3, 0.4) is 0 Å². The summed E-state index contributed by atoms with van der Waals surface area (Å²) in [5, 5.41) is 9.29. The second-order valence-corrected chi connectivity index (χ2v) is 8.89. The van der Waals surface area contributed by atoms with Crippen molar-refractivity contribution >= 4 is 27.3 Å². The highest BCUT2D eigenvalue weighted by Gasteiger charge is 2.26. The zero-order chi connectivity index (χ0) is 18.6. The van der Waals surface area contributed by atoms with E-state index in [0.717, 1.165) is 32.9 Å². The number of sulfonamides is 1. The molecule has 7 heteroatoms. The molecule has 0 spiro atoms. The van der Waals surface area contributed by atoms with E-state index in [4.69, 9.17) is 0 Å². The van der Waals surface area contributed by atoms with Crippen LogP contribution < -0.4 is 4.72 Å². The predicted octanol–water partition coefficient (Wildman–Crippen LogP) is 2.85. The highest BCUT2D eigenvalue weighted by molar-refractivity contribution is 7.91. The smallest absolute Gasteiger partial charge is 0.322 e. The van der Waals surface area contributed by atoms with Crippen LogP contribution in [0.4, 0.5) is 0 Å². The van der Waals surface area contributed by atoms with Gasteiger partial charge in [0, 0.05) is 16.9 Å². The first-order valence-electron chi connectivity index (χ1n) is 7.57. The standard InChI is InChI=1S/C18H19NO4S2/c1-12-6-4-7-15(10-12)8-5-9-16(18(20)21)19-25(22,23)17-11-13(2)14(3)24-17/h4,6-7,10-11,16,19H,9H2,1-3H3,(H,20,21). The molecular weight excluding hydrogens is 358 g/mol. The van der Waals surface area contributed by atoms with E-state index in [1.54, 1.807) is 6.07 Å². The molecule has 0 aliphatic carbocycles. The lowest BCUT2D eigenvalue weighted by Crippen LogP contribution is -2.40. The monoisotopic (exact) mass is 377 g/mol. The Bertz CT molecular complexity index is 929. The molecule has 1 unspecified atom stereocenters. The second-order valence-electron chi connectivity index (χ2n) is 5.69. The first-order valence-corrected chi connectivity index (χ1v) is 9.87. The minimum Gasteiger partial charge on any atom is -0.480 e. The average Bonchev–Trinajstić information content (AvgIpc) is 2.86. The Morgan fingerprint density at radius 1 is 1.28 bits per heavy atom. The lowest BCUT2D eigenvalue weighted by atomic mass is 10.1. The number of carbonyl (C=O) groups is 1. The van der Waals surface area contributed by atoms with Gasteiger partial charge in [-0.25, -0.2) is 8.42 Å². The Labute approximate surface area is 151 Å². The van der Waals surface area contributed by atoms with E-state index in [-0.39, 0.29) is 10.6 Å². The summed E-state index contributed by atoms with van der Waals surface area (Å²) >= 11 is 1.12. The van der Waals surface area contributed by atoms with Crippen molar-refractivity contribution in [3.8, 4) is 11.8 Å². The normalized spacial score (nSPS) is 12.3. The minimum atomic E-state index is -3.89. The van der Waals surface area contributed by atoms with Crippen LogP contribution >= 0.6 is 11.3 Å². The van der Waals surface area contributed by atoms with Crippen LogP contribution in [0.5, 0.6) is 0 Å². The maximum atomic E-state index is 12.4. The SMILES string of the molecule is Cc1cccc(C#CCC(NS(=O)(=O)c2cc(C)c(C)s2)C(=O)O)c1. The van der Waals surface area contributed by atoms with Gasteiger partial charge in [0.2, 0.25) is 0 Å². The van der Waals surface area contributed by atoms with Crippen LogP contribution in [0.1, 0.15) is 28.0 Å². The molecule has 1 aromatic heterocycles. The Kier molecular flexibility index (Phi) is 6.01. The van der Waals surface area contributed by atoms with Crippen LogP contribution in [-0.2, 0) is 14.8 Å². The van der Waals surface area contributed by atoms with Gasteiger partial charge >= 0.3 is 5.97 Å². The molecule has 0 aliphatic rings. The number of aliphatic carboxylic acids is 1. The number of thiophene rings is 1. The fourth-order valence-electron chi connectivity index (χ4n) is 2.07. The summed E-state index contributed by atoms with van der Waals surface area (Å²) in [5.74, 6) is 4.35. The molecule has 0 saturated heterocycles. The third-order valence-electron chi connectivity index (χ3n) is 3.56. The van der Waals surface area contributed by atoms with Crippen molar-refractivity contribution in [1.82, 2.24) is 4.72 Å². The lowest BCUT2D eigenvalue weighted by molar-refractivity contribution is -0.138. The van der Waals surface area contributed by atoms with Crippen LogP contribution in [0.25, 0.3) is 0 Å². The molecular formula is C18H19NO4S2. The van der Waals surface area contributed by atoms with Crippen molar-refractivity contribution in [3.63, 3.8) is 0 Å². The zero-order valence-electron chi connectivity index (χ0n) is 14.2. The molecule has 0 aliphatic heterocycles. The lowest BCUT2D eigenvalue weighted by Gasteiger charge is -2.11. The Hall–Kier alpha value is -2.14. The minimum absolute atomic E-state index is 0.111. The third kappa shape index (κ3) is 5.16. The summed E-state index contributed by atoms with van der Waals surface area (Å²) in [5.41, 5.74) is 2.67. The average molecular weight is 377 g/mol. The maximum Gasteiger partial charge on any atom is 0.322 e. The maximum absolute atomic E-state index is 12.4. The summed E-state index contributed by atoms with van der Waals surface area (Å²) in [6.45, 7) is 5.57. The third-order valence-corrected chi connectivity index (χ3v) is 6.66. The van der Waals surface area contributed by atoms with Crippen molar-refractivity contribution in [2.45, 2.75) is 37.4 Å². The molecule has 132 valence electrons.